The Kier molecular flexibility index (Phi) is 5.64. The highest BCUT2D eigenvalue weighted by Crippen LogP contribution is 2.35. The molecule has 26 heavy (non-hydrogen) atoms. The molecule has 0 unspecified atom stereocenters. The summed E-state index contributed by atoms with van der Waals surface area (Å²) in [6.07, 6.45) is -4.54. The minimum atomic E-state index is -4.54. The lowest BCUT2D eigenvalue weighted by Gasteiger charge is -2.23. The van der Waals surface area contributed by atoms with Gasteiger partial charge in [0.1, 0.15) is 5.75 Å². The van der Waals surface area contributed by atoms with Gasteiger partial charge in [-0.15, -0.1) is 0 Å². The summed E-state index contributed by atoms with van der Waals surface area (Å²) in [5, 5.41) is 2.28. The van der Waals surface area contributed by atoms with Gasteiger partial charge in [-0.05, 0) is 41.7 Å². The Morgan fingerprint density at radius 2 is 1.69 bits per heavy atom. The Hall–Kier alpha value is -2.50. The lowest BCUT2D eigenvalue weighted by Crippen LogP contribution is -2.23. The number of halogens is 3. The largest absolute Gasteiger partial charge is 0.483 e. The van der Waals surface area contributed by atoms with E-state index in [-0.39, 0.29) is 17.7 Å². The molecule has 0 aromatic heterocycles. The van der Waals surface area contributed by atoms with Crippen LogP contribution in [0.2, 0.25) is 0 Å². The lowest BCUT2D eigenvalue weighted by atomic mass is 9.86. The summed E-state index contributed by atoms with van der Waals surface area (Å²) in [6.45, 7) is 7.58. The van der Waals surface area contributed by atoms with Crippen molar-refractivity contribution in [1.82, 2.24) is 0 Å². The summed E-state index contributed by atoms with van der Waals surface area (Å²) >= 11 is 0. The molecule has 2 aromatic carbocycles. The van der Waals surface area contributed by atoms with E-state index in [0.717, 1.165) is 17.2 Å². The summed E-state index contributed by atoms with van der Waals surface area (Å²) in [6, 6.07) is 10.6. The zero-order valence-electron chi connectivity index (χ0n) is 15.2. The van der Waals surface area contributed by atoms with E-state index in [1.807, 2.05) is 45.9 Å². The molecule has 1 amide bonds. The molecule has 0 aliphatic heterocycles. The fraction of sp³-hybridized carbons (Fsp3) is 0.350. The zero-order valence-corrected chi connectivity index (χ0v) is 15.2. The molecule has 0 radical (unpaired) electrons. The first-order chi connectivity index (χ1) is 12.0. The normalized spacial score (nSPS) is 12.0. The number of carbonyl (C=O) groups excluding carboxylic acids is 1. The van der Waals surface area contributed by atoms with E-state index in [4.69, 9.17) is 4.74 Å². The SMILES string of the molecule is Cc1ccc(C(C)(C)C)c(OCC(=O)Nc2ccccc2C(F)(F)F)c1. The molecule has 2 aromatic rings. The van der Waals surface area contributed by atoms with Gasteiger partial charge in [-0.25, -0.2) is 0 Å². The van der Waals surface area contributed by atoms with Crippen molar-refractivity contribution >= 4 is 11.6 Å². The molecule has 0 atom stereocenters. The van der Waals surface area contributed by atoms with Crippen molar-refractivity contribution in [2.24, 2.45) is 0 Å². The van der Waals surface area contributed by atoms with Gasteiger partial charge in [0.05, 0.1) is 11.3 Å². The number of para-hydroxylation sites is 1. The molecule has 0 fully saturated rings. The van der Waals surface area contributed by atoms with Gasteiger partial charge in [-0.2, -0.15) is 13.2 Å². The van der Waals surface area contributed by atoms with E-state index in [1.165, 1.54) is 18.2 Å². The number of rotatable bonds is 4. The average Bonchev–Trinajstić information content (AvgIpc) is 2.51. The van der Waals surface area contributed by atoms with Crippen LogP contribution >= 0.6 is 0 Å². The Balaban J connectivity index is 2.13. The van der Waals surface area contributed by atoms with Gasteiger partial charge in [0.25, 0.3) is 5.91 Å². The maximum absolute atomic E-state index is 13.0. The monoisotopic (exact) mass is 365 g/mol. The van der Waals surface area contributed by atoms with Crippen molar-refractivity contribution in [3.05, 3.63) is 59.2 Å². The Labute approximate surface area is 151 Å². The van der Waals surface area contributed by atoms with E-state index in [2.05, 4.69) is 5.32 Å². The fourth-order valence-electron chi connectivity index (χ4n) is 2.54. The molecule has 0 saturated heterocycles. The number of ether oxygens (including phenoxy) is 1. The van der Waals surface area contributed by atoms with Crippen LogP contribution in [0.3, 0.4) is 0 Å². The molecular formula is C20H22F3NO2. The summed E-state index contributed by atoms with van der Waals surface area (Å²) in [5.41, 5.74) is 0.526. The highest BCUT2D eigenvalue weighted by atomic mass is 19.4. The third-order valence-corrected chi connectivity index (χ3v) is 3.81. The van der Waals surface area contributed by atoms with Crippen LogP contribution in [0, 0.1) is 6.92 Å². The van der Waals surface area contributed by atoms with Crippen LogP contribution in [0.1, 0.15) is 37.5 Å². The van der Waals surface area contributed by atoms with Crippen molar-refractivity contribution < 1.29 is 22.7 Å². The number of benzene rings is 2. The number of carbonyl (C=O) groups is 1. The second-order valence-electron chi connectivity index (χ2n) is 7.13. The number of amides is 1. The topological polar surface area (TPSA) is 38.3 Å². The molecule has 0 bridgehead atoms. The summed E-state index contributed by atoms with van der Waals surface area (Å²) in [5.74, 6) is -0.0974. The third-order valence-electron chi connectivity index (χ3n) is 3.81. The summed E-state index contributed by atoms with van der Waals surface area (Å²) < 4.78 is 44.6. The highest BCUT2D eigenvalue weighted by Gasteiger charge is 2.33. The van der Waals surface area contributed by atoms with E-state index < -0.39 is 17.6 Å². The average molecular weight is 365 g/mol. The third kappa shape index (κ3) is 5.00. The molecule has 0 aliphatic rings. The first-order valence-corrected chi connectivity index (χ1v) is 8.18. The highest BCUT2D eigenvalue weighted by molar-refractivity contribution is 5.92. The molecule has 3 nitrogen and oxygen atoms in total. The van der Waals surface area contributed by atoms with Crippen LogP contribution in [0.25, 0.3) is 0 Å². The Bertz CT molecular complexity index is 792. The second-order valence-corrected chi connectivity index (χ2v) is 7.13. The summed E-state index contributed by atoms with van der Waals surface area (Å²) in [7, 11) is 0. The molecule has 0 spiro atoms. The maximum Gasteiger partial charge on any atom is 0.418 e. The van der Waals surface area contributed by atoms with E-state index in [1.54, 1.807) is 0 Å². The molecule has 0 heterocycles. The number of nitrogens with one attached hydrogen (secondary N) is 1. The van der Waals surface area contributed by atoms with Gasteiger partial charge in [0.15, 0.2) is 6.61 Å². The molecular weight excluding hydrogens is 343 g/mol. The van der Waals surface area contributed by atoms with Crippen LogP contribution in [-0.4, -0.2) is 12.5 Å². The standard InChI is InChI=1S/C20H22F3NO2/c1-13-9-10-15(19(2,3)4)17(11-13)26-12-18(25)24-16-8-6-5-7-14(16)20(21,22)23/h5-11H,12H2,1-4H3,(H,24,25). The van der Waals surface area contributed by atoms with Crippen molar-refractivity contribution in [3.8, 4) is 5.75 Å². The minimum absolute atomic E-state index is 0.192. The number of alkyl halides is 3. The van der Waals surface area contributed by atoms with Gasteiger partial charge in [0, 0.05) is 0 Å². The Morgan fingerprint density at radius 1 is 1.04 bits per heavy atom. The summed E-state index contributed by atoms with van der Waals surface area (Å²) in [4.78, 5) is 12.1. The minimum Gasteiger partial charge on any atom is -0.483 e. The molecule has 140 valence electrons. The molecule has 1 N–H and O–H groups in total. The molecule has 2 rings (SSSR count). The number of hydrogen-bond donors (Lipinski definition) is 1. The van der Waals surface area contributed by atoms with E-state index in [9.17, 15) is 18.0 Å². The molecule has 0 saturated carbocycles. The van der Waals surface area contributed by atoms with Gasteiger partial charge in [-0.3, -0.25) is 4.79 Å². The van der Waals surface area contributed by atoms with Crippen LogP contribution < -0.4 is 10.1 Å². The van der Waals surface area contributed by atoms with E-state index >= 15 is 0 Å². The lowest BCUT2D eigenvalue weighted by molar-refractivity contribution is -0.137. The number of aryl methyl sites for hydroxylation is 1. The maximum atomic E-state index is 13.0. The van der Waals surface area contributed by atoms with Crippen LogP contribution in [0.5, 0.6) is 5.75 Å². The zero-order chi connectivity index (χ0) is 19.5. The van der Waals surface area contributed by atoms with Crippen molar-refractivity contribution in [2.75, 3.05) is 11.9 Å². The first kappa shape index (κ1) is 19.8. The van der Waals surface area contributed by atoms with Crippen molar-refractivity contribution in [3.63, 3.8) is 0 Å². The predicted octanol–water partition coefficient (Wildman–Crippen LogP) is 5.33. The van der Waals surface area contributed by atoms with Gasteiger partial charge in [0.2, 0.25) is 0 Å². The second kappa shape index (κ2) is 7.40. The van der Waals surface area contributed by atoms with Crippen molar-refractivity contribution in [1.29, 1.82) is 0 Å². The predicted molar refractivity (Wildman–Crippen MR) is 95.4 cm³/mol. The molecule has 0 aliphatic carbocycles. The van der Waals surface area contributed by atoms with Gasteiger partial charge >= 0.3 is 6.18 Å². The Morgan fingerprint density at radius 3 is 2.31 bits per heavy atom. The van der Waals surface area contributed by atoms with Crippen LogP contribution in [0.15, 0.2) is 42.5 Å². The number of hydrogen-bond acceptors (Lipinski definition) is 2. The smallest absolute Gasteiger partial charge is 0.418 e. The van der Waals surface area contributed by atoms with Gasteiger partial charge < -0.3 is 10.1 Å². The first-order valence-electron chi connectivity index (χ1n) is 8.18. The number of anilines is 1. The van der Waals surface area contributed by atoms with E-state index in [0.29, 0.717) is 5.75 Å². The quantitative estimate of drug-likeness (QED) is 0.795. The molecule has 6 heteroatoms. The van der Waals surface area contributed by atoms with Crippen molar-refractivity contribution in [2.45, 2.75) is 39.3 Å². The van der Waals surface area contributed by atoms with Gasteiger partial charge in [-0.1, -0.05) is 45.0 Å². The van der Waals surface area contributed by atoms with Crippen LogP contribution in [0.4, 0.5) is 18.9 Å². The fourth-order valence-corrected chi connectivity index (χ4v) is 2.54. The van der Waals surface area contributed by atoms with Crippen LogP contribution in [-0.2, 0) is 16.4 Å².